The van der Waals surface area contributed by atoms with Crippen molar-refractivity contribution in [2.75, 3.05) is 25.0 Å². The van der Waals surface area contributed by atoms with Gasteiger partial charge in [-0.2, -0.15) is 0 Å². The van der Waals surface area contributed by atoms with Gasteiger partial charge in [-0.1, -0.05) is 15.9 Å². The van der Waals surface area contributed by atoms with Crippen molar-refractivity contribution < 1.29 is 4.74 Å². The number of alkyl halides is 1. The zero-order valence-electron chi connectivity index (χ0n) is 7.96. The first-order valence-corrected chi connectivity index (χ1v) is 6.28. The molecule has 1 rings (SSSR count). The van der Waals surface area contributed by atoms with E-state index in [9.17, 15) is 0 Å². The molecule has 13 heavy (non-hydrogen) atoms. The van der Waals surface area contributed by atoms with Crippen molar-refractivity contribution in [3.63, 3.8) is 0 Å². The lowest BCUT2D eigenvalue weighted by molar-refractivity contribution is 0.212. The monoisotopic (exact) mass is 265 g/mol. The second-order valence-corrected chi connectivity index (χ2v) is 4.28. The van der Waals surface area contributed by atoms with Crippen LogP contribution in [0.4, 0.5) is 0 Å². The quantitative estimate of drug-likeness (QED) is 0.562. The first-order chi connectivity index (χ1) is 6.27. The molecule has 0 saturated carbocycles. The summed E-state index contributed by atoms with van der Waals surface area (Å²) in [4.78, 5) is 2.16. The summed E-state index contributed by atoms with van der Waals surface area (Å²) >= 11 is 8.66. The molecule has 4 heteroatoms. The Morgan fingerprint density at radius 3 is 2.62 bits per heavy atom. The fourth-order valence-corrected chi connectivity index (χ4v) is 2.43. The predicted molar refractivity (Wildman–Crippen MR) is 62.3 cm³/mol. The molecular formula is C9H16BrNOS. The molecule has 1 fully saturated rings. The van der Waals surface area contributed by atoms with Crippen LogP contribution in [-0.2, 0) is 4.74 Å². The molecule has 2 nitrogen and oxygen atoms in total. The van der Waals surface area contributed by atoms with E-state index in [-0.39, 0.29) is 0 Å². The largest absolute Gasteiger partial charge is 0.471 e. The van der Waals surface area contributed by atoms with E-state index >= 15 is 0 Å². The van der Waals surface area contributed by atoms with Crippen LogP contribution in [0.5, 0.6) is 0 Å². The van der Waals surface area contributed by atoms with Gasteiger partial charge in [-0.3, -0.25) is 0 Å². The summed E-state index contributed by atoms with van der Waals surface area (Å²) in [5, 5.41) is 1.79. The highest BCUT2D eigenvalue weighted by Gasteiger charge is 2.20. The first kappa shape index (κ1) is 11.2. The average Bonchev–Trinajstić information content (AvgIpc) is 2.18. The van der Waals surface area contributed by atoms with Gasteiger partial charge in [0.1, 0.15) is 0 Å². The number of rotatable bonds is 2. The molecule has 1 heterocycles. The third kappa shape index (κ3) is 3.43. The van der Waals surface area contributed by atoms with E-state index < -0.39 is 0 Å². The number of halogens is 1. The molecule has 1 saturated heterocycles. The molecule has 0 radical (unpaired) electrons. The summed E-state index contributed by atoms with van der Waals surface area (Å²) in [6.45, 7) is 4.75. The highest BCUT2D eigenvalue weighted by Crippen LogP contribution is 2.19. The molecule has 0 N–H and O–H groups in total. The number of likely N-dealkylation sites (tertiary alicyclic amines) is 1. The number of piperidine rings is 1. The zero-order valence-corrected chi connectivity index (χ0v) is 10.4. The summed E-state index contributed by atoms with van der Waals surface area (Å²) in [5.74, 6) is 0.820. The Bertz CT molecular complexity index is 169. The van der Waals surface area contributed by atoms with Crippen molar-refractivity contribution >= 4 is 33.3 Å². The van der Waals surface area contributed by atoms with Gasteiger partial charge in [0, 0.05) is 18.4 Å². The summed E-state index contributed by atoms with van der Waals surface area (Å²) < 4.78 is 5.30. The van der Waals surface area contributed by atoms with Gasteiger partial charge in [0.05, 0.1) is 6.61 Å². The third-order valence-electron chi connectivity index (χ3n) is 2.36. The van der Waals surface area contributed by atoms with E-state index in [0.717, 1.165) is 24.3 Å². The maximum Gasteiger partial charge on any atom is 0.259 e. The Kier molecular flexibility index (Phi) is 5.02. The smallest absolute Gasteiger partial charge is 0.259 e. The van der Waals surface area contributed by atoms with E-state index in [0.29, 0.717) is 11.8 Å². The maximum absolute atomic E-state index is 5.30. The fourth-order valence-electron chi connectivity index (χ4n) is 1.48. The molecule has 0 atom stereocenters. The minimum Gasteiger partial charge on any atom is -0.471 e. The van der Waals surface area contributed by atoms with E-state index in [1.165, 1.54) is 12.8 Å². The van der Waals surface area contributed by atoms with Crippen molar-refractivity contribution in [2.45, 2.75) is 19.8 Å². The summed E-state index contributed by atoms with van der Waals surface area (Å²) in [7, 11) is 0. The molecule has 76 valence electrons. The maximum atomic E-state index is 5.30. The molecule has 0 aliphatic carbocycles. The van der Waals surface area contributed by atoms with Gasteiger partial charge in [0.25, 0.3) is 5.17 Å². The molecule has 0 aromatic carbocycles. The van der Waals surface area contributed by atoms with Crippen LogP contribution < -0.4 is 0 Å². The van der Waals surface area contributed by atoms with Crippen LogP contribution >= 0.6 is 28.1 Å². The van der Waals surface area contributed by atoms with Gasteiger partial charge >= 0.3 is 0 Å². The Balaban J connectivity index is 2.28. The first-order valence-electron chi connectivity index (χ1n) is 4.75. The van der Waals surface area contributed by atoms with E-state index in [1.54, 1.807) is 0 Å². The van der Waals surface area contributed by atoms with Gasteiger partial charge in [0.15, 0.2) is 0 Å². The van der Waals surface area contributed by atoms with E-state index in [4.69, 9.17) is 17.0 Å². The van der Waals surface area contributed by atoms with Gasteiger partial charge in [-0.05, 0) is 37.9 Å². The highest BCUT2D eigenvalue weighted by atomic mass is 79.9. The topological polar surface area (TPSA) is 12.5 Å². The molecule has 0 spiro atoms. The molecule has 1 aliphatic heterocycles. The second kappa shape index (κ2) is 5.81. The van der Waals surface area contributed by atoms with E-state index in [2.05, 4.69) is 20.8 Å². The predicted octanol–water partition coefficient (Wildman–Crippen LogP) is 2.41. The molecule has 1 aliphatic rings. The van der Waals surface area contributed by atoms with Crippen molar-refractivity contribution in [1.82, 2.24) is 4.90 Å². The summed E-state index contributed by atoms with van der Waals surface area (Å²) in [6, 6.07) is 0. The minimum absolute atomic E-state index is 0.676. The second-order valence-electron chi connectivity index (χ2n) is 3.28. The molecule has 0 amide bonds. The van der Waals surface area contributed by atoms with Crippen LogP contribution in [-0.4, -0.2) is 35.1 Å². The lowest BCUT2D eigenvalue weighted by Gasteiger charge is -2.32. The Labute approximate surface area is 93.8 Å². The number of hydrogen-bond acceptors (Lipinski definition) is 2. The molecule has 0 unspecified atom stereocenters. The number of nitrogens with zero attached hydrogens (tertiary/aromatic N) is 1. The van der Waals surface area contributed by atoms with Crippen LogP contribution in [0.25, 0.3) is 0 Å². The van der Waals surface area contributed by atoms with Crippen molar-refractivity contribution in [3.8, 4) is 0 Å². The standard InChI is InChI=1S/C9H16BrNOS/c1-2-12-9(13)11-5-3-8(7-10)4-6-11/h8H,2-7H2,1H3. The number of ether oxygens (including phenoxy) is 1. The molecule has 0 aromatic rings. The Hall–Kier alpha value is 0.170. The highest BCUT2D eigenvalue weighted by molar-refractivity contribution is 9.09. The lowest BCUT2D eigenvalue weighted by Crippen LogP contribution is -2.38. The third-order valence-corrected chi connectivity index (χ3v) is 3.65. The van der Waals surface area contributed by atoms with Crippen molar-refractivity contribution in [3.05, 3.63) is 0 Å². The summed E-state index contributed by atoms with van der Waals surface area (Å²) in [6.07, 6.45) is 2.44. The normalized spacial score (nSPS) is 18.8. The van der Waals surface area contributed by atoms with E-state index in [1.807, 2.05) is 6.92 Å². The van der Waals surface area contributed by atoms with Gasteiger partial charge < -0.3 is 9.64 Å². The van der Waals surface area contributed by atoms with Crippen molar-refractivity contribution in [2.24, 2.45) is 5.92 Å². The molecule has 0 aromatic heterocycles. The van der Waals surface area contributed by atoms with Gasteiger partial charge in [-0.25, -0.2) is 0 Å². The van der Waals surface area contributed by atoms with Gasteiger partial charge in [0.2, 0.25) is 0 Å². The van der Waals surface area contributed by atoms with Crippen LogP contribution in [0.3, 0.4) is 0 Å². The zero-order chi connectivity index (χ0) is 9.68. The average molecular weight is 266 g/mol. The fraction of sp³-hybridized carbons (Fsp3) is 0.889. The van der Waals surface area contributed by atoms with Crippen molar-refractivity contribution in [1.29, 1.82) is 0 Å². The van der Waals surface area contributed by atoms with Crippen LogP contribution in [0.2, 0.25) is 0 Å². The SMILES string of the molecule is CCOC(=S)N1CCC(CBr)CC1. The lowest BCUT2D eigenvalue weighted by atomic mass is 10.00. The Morgan fingerprint density at radius 2 is 2.15 bits per heavy atom. The van der Waals surface area contributed by atoms with Crippen LogP contribution in [0, 0.1) is 5.92 Å². The molecular weight excluding hydrogens is 250 g/mol. The Morgan fingerprint density at radius 1 is 1.54 bits per heavy atom. The number of hydrogen-bond donors (Lipinski definition) is 0. The minimum atomic E-state index is 0.676. The summed E-state index contributed by atoms with van der Waals surface area (Å²) in [5.41, 5.74) is 0. The van der Waals surface area contributed by atoms with Gasteiger partial charge in [-0.15, -0.1) is 0 Å². The molecule has 0 bridgehead atoms. The number of thiocarbonyl (C=S) groups is 1. The van der Waals surface area contributed by atoms with Crippen LogP contribution in [0.1, 0.15) is 19.8 Å². The van der Waals surface area contributed by atoms with Crippen LogP contribution in [0.15, 0.2) is 0 Å².